The molecular formula is C23H21N3O. The molecule has 4 nitrogen and oxygen atoms in total. The number of aryl methyl sites for hydroxylation is 3. The molecule has 0 aliphatic carbocycles. The minimum Gasteiger partial charge on any atom is -0.306 e. The maximum Gasteiger partial charge on any atom is 0.257 e. The number of pyridine rings is 1. The lowest BCUT2D eigenvalue weighted by molar-refractivity contribution is 0.102. The van der Waals surface area contributed by atoms with E-state index in [1.165, 1.54) is 0 Å². The summed E-state index contributed by atoms with van der Waals surface area (Å²) < 4.78 is 1.94. The summed E-state index contributed by atoms with van der Waals surface area (Å²) in [6.07, 6.45) is 1.93. The van der Waals surface area contributed by atoms with Gasteiger partial charge in [0, 0.05) is 17.3 Å². The number of rotatable bonds is 3. The SMILES string of the molecule is Cc1ccc(C(=O)Nc2c(-c3ccccc3)nc3c(C)cccn23)c(C)c1. The number of hydrogen-bond donors (Lipinski definition) is 1. The Morgan fingerprint density at radius 3 is 2.44 bits per heavy atom. The number of nitrogens with zero attached hydrogens (tertiary/aromatic N) is 2. The molecular weight excluding hydrogens is 334 g/mol. The predicted molar refractivity (Wildman–Crippen MR) is 109 cm³/mol. The molecule has 4 heteroatoms. The van der Waals surface area contributed by atoms with Gasteiger partial charge in [-0.3, -0.25) is 9.20 Å². The maximum atomic E-state index is 13.0. The number of carbonyl (C=O) groups excluding carboxylic acids is 1. The molecule has 0 saturated heterocycles. The molecule has 4 aromatic rings. The fraction of sp³-hybridized carbons (Fsp3) is 0.130. The molecule has 0 bridgehead atoms. The van der Waals surface area contributed by atoms with Gasteiger partial charge >= 0.3 is 0 Å². The molecule has 0 unspecified atom stereocenters. The van der Waals surface area contributed by atoms with Gasteiger partial charge in [0.2, 0.25) is 0 Å². The van der Waals surface area contributed by atoms with Crippen molar-refractivity contribution in [1.82, 2.24) is 9.38 Å². The van der Waals surface area contributed by atoms with Crippen LogP contribution in [0.2, 0.25) is 0 Å². The van der Waals surface area contributed by atoms with E-state index in [1.807, 2.05) is 92.0 Å². The Hall–Kier alpha value is -3.40. The zero-order valence-electron chi connectivity index (χ0n) is 15.7. The molecule has 0 aliphatic rings. The Balaban J connectivity index is 1.85. The van der Waals surface area contributed by atoms with Crippen molar-refractivity contribution in [1.29, 1.82) is 0 Å². The van der Waals surface area contributed by atoms with Crippen LogP contribution >= 0.6 is 0 Å². The Morgan fingerprint density at radius 1 is 0.926 bits per heavy atom. The first-order valence-electron chi connectivity index (χ1n) is 8.96. The van der Waals surface area contributed by atoms with Crippen molar-refractivity contribution in [3.63, 3.8) is 0 Å². The third-order valence-corrected chi connectivity index (χ3v) is 4.75. The summed E-state index contributed by atoms with van der Waals surface area (Å²) in [5.41, 5.74) is 6.40. The van der Waals surface area contributed by atoms with Crippen LogP contribution < -0.4 is 5.32 Å². The zero-order valence-corrected chi connectivity index (χ0v) is 15.7. The number of anilines is 1. The molecule has 1 N–H and O–H groups in total. The van der Waals surface area contributed by atoms with Gasteiger partial charge in [0.05, 0.1) is 0 Å². The zero-order chi connectivity index (χ0) is 19.0. The van der Waals surface area contributed by atoms with Crippen molar-refractivity contribution in [2.75, 3.05) is 5.32 Å². The van der Waals surface area contributed by atoms with Crippen LogP contribution in [0.1, 0.15) is 27.0 Å². The Bertz CT molecular complexity index is 1140. The Labute approximate surface area is 158 Å². The minimum absolute atomic E-state index is 0.131. The van der Waals surface area contributed by atoms with Gasteiger partial charge in [-0.25, -0.2) is 4.98 Å². The van der Waals surface area contributed by atoms with Crippen molar-refractivity contribution in [2.45, 2.75) is 20.8 Å². The molecule has 0 aliphatic heterocycles. The highest BCUT2D eigenvalue weighted by molar-refractivity contribution is 6.06. The van der Waals surface area contributed by atoms with Crippen LogP contribution in [0.25, 0.3) is 16.9 Å². The average Bonchev–Trinajstić information content (AvgIpc) is 3.02. The fourth-order valence-electron chi connectivity index (χ4n) is 3.36. The van der Waals surface area contributed by atoms with Crippen molar-refractivity contribution < 1.29 is 4.79 Å². The van der Waals surface area contributed by atoms with Gasteiger partial charge in [0.25, 0.3) is 5.91 Å². The van der Waals surface area contributed by atoms with E-state index in [4.69, 9.17) is 4.98 Å². The third kappa shape index (κ3) is 3.10. The molecule has 2 aromatic carbocycles. The topological polar surface area (TPSA) is 46.4 Å². The number of aromatic nitrogens is 2. The summed E-state index contributed by atoms with van der Waals surface area (Å²) in [6, 6.07) is 19.8. The number of amides is 1. The van der Waals surface area contributed by atoms with E-state index >= 15 is 0 Å². The number of imidazole rings is 1. The van der Waals surface area contributed by atoms with Gasteiger partial charge in [-0.2, -0.15) is 0 Å². The van der Waals surface area contributed by atoms with Crippen LogP contribution in [0.5, 0.6) is 0 Å². The van der Waals surface area contributed by atoms with Gasteiger partial charge in [-0.15, -0.1) is 0 Å². The summed E-state index contributed by atoms with van der Waals surface area (Å²) in [5, 5.41) is 3.10. The van der Waals surface area contributed by atoms with Crippen LogP contribution in [0.15, 0.2) is 66.9 Å². The van der Waals surface area contributed by atoms with Crippen molar-refractivity contribution in [3.8, 4) is 11.3 Å². The Kier molecular flexibility index (Phi) is 4.24. The molecule has 0 spiro atoms. The van der Waals surface area contributed by atoms with E-state index in [-0.39, 0.29) is 5.91 Å². The summed E-state index contributed by atoms with van der Waals surface area (Å²) >= 11 is 0. The maximum absolute atomic E-state index is 13.0. The smallest absolute Gasteiger partial charge is 0.257 e. The first-order chi connectivity index (χ1) is 13.0. The first-order valence-corrected chi connectivity index (χ1v) is 8.96. The number of fused-ring (bicyclic) bond motifs is 1. The second kappa shape index (κ2) is 6.72. The molecule has 0 atom stereocenters. The summed E-state index contributed by atoms with van der Waals surface area (Å²) in [5.74, 6) is 0.554. The van der Waals surface area contributed by atoms with Crippen LogP contribution in [-0.4, -0.2) is 15.3 Å². The van der Waals surface area contributed by atoms with Crippen LogP contribution in [0, 0.1) is 20.8 Å². The van der Waals surface area contributed by atoms with Gasteiger partial charge in [0.15, 0.2) is 0 Å². The second-order valence-electron chi connectivity index (χ2n) is 6.83. The standard InChI is InChI=1S/C23H21N3O/c1-15-11-12-19(17(3)14-15)23(27)25-22-20(18-9-5-4-6-10-18)24-21-16(2)8-7-13-26(21)22/h4-14H,1-3H3,(H,25,27). The summed E-state index contributed by atoms with van der Waals surface area (Å²) in [6.45, 7) is 6.00. The summed E-state index contributed by atoms with van der Waals surface area (Å²) in [4.78, 5) is 17.8. The average molecular weight is 355 g/mol. The normalized spacial score (nSPS) is 10.9. The molecule has 1 amide bonds. The molecule has 2 heterocycles. The molecule has 0 saturated carbocycles. The molecule has 4 rings (SSSR count). The largest absolute Gasteiger partial charge is 0.306 e. The summed E-state index contributed by atoms with van der Waals surface area (Å²) in [7, 11) is 0. The van der Waals surface area contributed by atoms with Gasteiger partial charge in [-0.1, -0.05) is 54.1 Å². The predicted octanol–water partition coefficient (Wildman–Crippen LogP) is 5.18. The van der Waals surface area contributed by atoms with Crippen LogP contribution in [0.4, 0.5) is 5.82 Å². The molecule has 2 aromatic heterocycles. The van der Waals surface area contributed by atoms with Crippen LogP contribution in [0.3, 0.4) is 0 Å². The van der Waals surface area contributed by atoms with E-state index in [9.17, 15) is 4.79 Å². The molecule has 0 fully saturated rings. The highest BCUT2D eigenvalue weighted by atomic mass is 16.1. The minimum atomic E-state index is -0.131. The third-order valence-electron chi connectivity index (χ3n) is 4.75. The second-order valence-corrected chi connectivity index (χ2v) is 6.83. The fourth-order valence-corrected chi connectivity index (χ4v) is 3.36. The highest BCUT2D eigenvalue weighted by Crippen LogP contribution is 2.30. The number of benzene rings is 2. The number of nitrogens with one attached hydrogen (secondary N) is 1. The van der Waals surface area contributed by atoms with Crippen molar-refractivity contribution in [2.24, 2.45) is 0 Å². The van der Waals surface area contributed by atoms with Gasteiger partial charge in [-0.05, 0) is 44.0 Å². The lowest BCUT2D eigenvalue weighted by atomic mass is 10.1. The Morgan fingerprint density at radius 2 is 1.70 bits per heavy atom. The molecule has 27 heavy (non-hydrogen) atoms. The molecule has 134 valence electrons. The van der Waals surface area contributed by atoms with Crippen LogP contribution in [-0.2, 0) is 0 Å². The van der Waals surface area contributed by atoms with Gasteiger partial charge < -0.3 is 5.32 Å². The van der Waals surface area contributed by atoms with E-state index in [0.29, 0.717) is 11.4 Å². The number of hydrogen-bond acceptors (Lipinski definition) is 2. The van der Waals surface area contributed by atoms with Crippen molar-refractivity contribution in [3.05, 3.63) is 89.1 Å². The van der Waals surface area contributed by atoms with E-state index in [0.717, 1.165) is 33.6 Å². The highest BCUT2D eigenvalue weighted by Gasteiger charge is 2.18. The lowest BCUT2D eigenvalue weighted by Gasteiger charge is -2.10. The monoisotopic (exact) mass is 355 g/mol. The van der Waals surface area contributed by atoms with E-state index in [1.54, 1.807) is 0 Å². The van der Waals surface area contributed by atoms with E-state index < -0.39 is 0 Å². The lowest BCUT2D eigenvalue weighted by Crippen LogP contribution is -2.15. The first kappa shape index (κ1) is 17.0. The van der Waals surface area contributed by atoms with Gasteiger partial charge in [0.1, 0.15) is 17.2 Å². The molecule has 0 radical (unpaired) electrons. The number of carbonyl (C=O) groups is 1. The van der Waals surface area contributed by atoms with E-state index in [2.05, 4.69) is 5.32 Å². The quantitative estimate of drug-likeness (QED) is 0.550. The van der Waals surface area contributed by atoms with Crippen molar-refractivity contribution >= 4 is 17.4 Å².